The molecule has 1 atom stereocenters. The minimum absolute atomic E-state index is 0.201. The molecule has 3 nitrogen and oxygen atoms in total. The first-order valence-electron chi connectivity index (χ1n) is 5.58. The lowest BCUT2D eigenvalue weighted by Gasteiger charge is -2.23. The van der Waals surface area contributed by atoms with Gasteiger partial charge in [0.25, 0.3) is 0 Å². The maximum atomic E-state index is 11.3. The van der Waals surface area contributed by atoms with Crippen molar-refractivity contribution in [1.82, 2.24) is 10.2 Å². The molecule has 1 saturated heterocycles. The van der Waals surface area contributed by atoms with Gasteiger partial charge in [-0.15, -0.1) is 0 Å². The van der Waals surface area contributed by atoms with Crippen molar-refractivity contribution in [3.05, 3.63) is 0 Å². The van der Waals surface area contributed by atoms with Crippen molar-refractivity contribution in [1.29, 1.82) is 0 Å². The molecular weight excluding hydrogens is 208 g/mol. The smallest absolute Gasteiger partial charge is 0.223 e. The molecule has 1 unspecified atom stereocenters. The van der Waals surface area contributed by atoms with Crippen LogP contribution in [0.4, 0.5) is 0 Å². The number of nitrogens with zero attached hydrogens (tertiary/aromatic N) is 1. The minimum atomic E-state index is 0.201. The normalized spacial score (nSPS) is 25.5. The van der Waals surface area contributed by atoms with E-state index in [-0.39, 0.29) is 5.91 Å². The third-order valence-corrected chi connectivity index (χ3v) is 4.35. The van der Waals surface area contributed by atoms with E-state index in [0.29, 0.717) is 11.2 Å². The van der Waals surface area contributed by atoms with Gasteiger partial charge in [-0.1, -0.05) is 0 Å². The summed E-state index contributed by atoms with van der Waals surface area (Å²) in [6.07, 6.45) is 3.24. The van der Waals surface area contributed by atoms with Gasteiger partial charge in [0.15, 0.2) is 0 Å². The van der Waals surface area contributed by atoms with E-state index in [1.807, 2.05) is 0 Å². The Morgan fingerprint density at radius 1 is 1.53 bits per heavy atom. The second-order valence-corrected chi connectivity index (χ2v) is 6.30. The molecule has 0 aromatic heterocycles. The summed E-state index contributed by atoms with van der Waals surface area (Å²) in [5, 5.41) is 3.39. The Labute approximate surface area is 97.0 Å². The van der Waals surface area contributed by atoms with Gasteiger partial charge in [0.1, 0.15) is 0 Å². The number of carbonyl (C=O) groups is 1. The van der Waals surface area contributed by atoms with Gasteiger partial charge in [-0.3, -0.25) is 4.79 Å². The molecule has 15 heavy (non-hydrogen) atoms. The van der Waals surface area contributed by atoms with Crippen molar-refractivity contribution in [2.75, 3.05) is 32.9 Å². The number of hydrogen-bond donors (Lipinski definition) is 1. The fourth-order valence-electron chi connectivity index (χ4n) is 1.75. The van der Waals surface area contributed by atoms with Crippen LogP contribution in [0.5, 0.6) is 0 Å². The van der Waals surface area contributed by atoms with Crippen LogP contribution in [0.25, 0.3) is 0 Å². The van der Waals surface area contributed by atoms with Crippen LogP contribution in [0.3, 0.4) is 0 Å². The Morgan fingerprint density at radius 3 is 2.80 bits per heavy atom. The van der Waals surface area contributed by atoms with E-state index in [9.17, 15) is 4.79 Å². The SMILES string of the molecule is CN(C)C(=O)CCNCC1(C)CCCS1. The molecule has 0 saturated carbocycles. The molecule has 0 bridgehead atoms. The van der Waals surface area contributed by atoms with Gasteiger partial charge in [-0.2, -0.15) is 11.8 Å². The first-order valence-corrected chi connectivity index (χ1v) is 6.57. The summed E-state index contributed by atoms with van der Waals surface area (Å²) in [6, 6.07) is 0. The van der Waals surface area contributed by atoms with Crippen molar-refractivity contribution in [2.24, 2.45) is 0 Å². The zero-order valence-corrected chi connectivity index (χ0v) is 10.8. The lowest BCUT2D eigenvalue weighted by atomic mass is 10.1. The Hall–Kier alpha value is -0.220. The highest BCUT2D eigenvalue weighted by Gasteiger charge is 2.28. The summed E-state index contributed by atoms with van der Waals surface area (Å²) >= 11 is 2.05. The molecule has 1 rings (SSSR count). The maximum Gasteiger partial charge on any atom is 0.223 e. The second-order valence-electron chi connectivity index (χ2n) is 4.62. The molecule has 0 spiro atoms. The standard InChI is InChI=1S/C11H22N2OS/c1-11(6-4-8-15-11)9-12-7-5-10(14)13(2)3/h12H,4-9H2,1-3H3. The van der Waals surface area contributed by atoms with Crippen molar-refractivity contribution < 1.29 is 4.79 Å². The van der Waals surface area contributed by atoms with Crippen LogP contribution in [-0.2, 0) is 4.79 Å². The van der Waals surface area contributed by atoms with E-state index in [1.54, 1.807) is 19.0 Å². The zero-order chi connectivity index (χ0) is 11.3. The van der Waals surface area contributed by atoms with Crippen molar-refractivity contribution >= 4 is 17.7 Å². The van der Waals surface area contributed by atoms with Gasteiger partial charge in [0, 0.05) is 38.4 Å². The van der Waals surface area contributed by atoms with Crippen LogP contribution in [0, 0.1) is 0 Å². The third kappa shape index (κ3) is 4.43. The topological polar surface area (TPSA) is 32.3 Å². The van der Waals surface area contributed by atoms with Crippen LogP contribution in [0.1, 0.15) is 26.2 Å². The van der Waals surface area contributed by atoms with Crippen LogP contribution >= 0.6 is 11.8 Å². The molecule has 0 aromatic rings. The van der Waals surface area contributed by atoms with E-state index in [4.69, 9.17) is 0 Å². The van der Waals surface area contributed by atoms with Gasteiger partial charge in [0.2, 0.25) is 5.91 Å². The maximum absolute atomic E-state index is 11.3. The molecule has 1 aliphatic heterocycles. The zero-order valence-electron chi connectivity index (χ0n) is 10.0. The van der Waals surface area contributed by atoms with Gasteiger partial charge in [-0.25, -0.2) is 0 Å². The monoisotopic (exact) mass is 230 g/mol. The molecule has 0 radical (unpaired) electrons. The summed E-state index contributed by atoms with van der Waals surface area (Å²) in [6.45, 7) is 4.14. The van der Waals surface area contributed by atoms with Gasteiger partial charge < -0.3 is 10.2 Å². The summed E-state index contributed by atoms with van der Waals surface area (Å²) in [4.78, 5) is 12.9. The van der Waals surface area contributed by atoms with Gasteiger partial charge in [-0.05, 0) is 25.5 Å². The summed E-state index contributed by atoms with van der Waals surface area (Å²) in [5.41, 5.74) is 0. The Balaban J connectivity index is 2.08. The molecule has 1 heterocycles. The van der Waals surface area contributed by atoms with Gasteiger partial charge >= 0.3 is 0 Å². The van der Waals surface area contributed by atoms with Crippen LogP contribution < -0.4 is 5.32 Å². The molecule has 1 amide bonds. The number of carbonyl (C=O) groups excluding carboxylic acids is 1. The highest BCUT2D eigenvalue weighted by atomic mass is 32.2. The van der Waals surface area contributed by atoms with Crippen molar-refractivity contribution in [2.45, 2.75) is 30.9 Å². The Morgan fingerprint density at radius 2 is 2.27 bits per heavy atom. The first kappa shape index (κ1) is 12.8. The van der Waals surface area contributed by atoms with E-state index >= 15 is 0 Å². The fourth-order valence-corrected chi connectivity index (χ4v) is 3.02. The van der Waals surface area contributed by atoms with Gasteiger partial charge in [0.05, 0.1) is 0 Å². The molecule has 0 aromatic carbocycles. The minimum Gasteiger partial charge on any atom is -0.349 e. The molecule has 88 valence electrons. The summed E-state index contributed by atoms with van der Waals surface area (Å²) in [7, 11) is 3.60. The predicted octanol–water partition coefficient (Wildman–Crippen LogP) is 1.34. The number of nitrogens with one attached hydrogen (secondary N) is 1. The predicted molar refractivity (Wildman–Crippen MR) is 66.3 cm³/mol. The lowest BCUT2D eigenvalue weighted by Crippen LogP contribution is -2.35. The quantitative estimate of drug-likeness (QED) is 0.723. The Bertz CT molecular complexity index is 213. The molecule has 1 N–H and O–H groups in total. The summed E-state index contributed by atoms with van der Waals surface area (Å²) in [5.74, 6) is 1.49. The average Bonchev–Trinajstić information content (AvgIpc) is 2.60. The number of hydrogen-bond acceptors (Lipinski definition) is 3. The summed E-state index contributed by atoms with van der Waals surface area (Å²) < 4.78 is 0.404. The molecule has 4 heteroatoms. The van der Waals surface area contributed by atoms with Crippen molar-refractivity contribution in [3.8, 4) is 0 Å². The molecule has 1 fully saturated rings. The van der Waals surface area contributed by atoms with Crippen LogP contribution in [0.15, 0.2) is 0 Å². The first-order chi connectivity index (χ1) is 7.03. The Kier molecular flexibility index (Phi) is 4.93. The van der Waals surface area contributed by atoms with Crippen molar-refractivity contribution in [3.63, 3.8) is 0 Å². The lowest BCUT2D eigenvalue weighted by molar-refractivity contribution is -0.128. The second kappa shape index (κ2) is 5.75. The molecular formula is C11H22N2OS. The van der Waals surface area contributed by atoms with E-state index in [2.05, 4.69) is 24.0 Å². The van der Waals surface area contributed by atoms with E-state index in [0.717, 1.165) is 13.1 Å². The van der Waals surface area contributed by atoms with Crippen LogP contribution in [0.2, 0.25) is 0 Å². The number of rotatable bonds is 5. The highest BCUT2D eigenvalue weighted by Crippen LogP contribution is 2.36. The van der Waals surface area contributed by atoms with Crippen LogP contribution in [-0.4, -0.2) is 48.5 Å². The number of thioether (sulfide) groups is 1. The van der Waals surface area contributed by atoms with E-state index < -0.39 is 0 Å². The number of amides is 1. The fraction of sp³-hybridized carbons (Fsp3) is 0.909. The average molecular weight is 230 g/mol. The third-order valence-electron chi connectivity index (χ3n) is 2.81. The van der Waals surface area contributed by atoms with E-state index in [1.165, 1.54) is 18.6 Å². The molecule has 1 aliphatic rings. The highest BCUT2D eigenvalue weighted by molar-refractivity contribution is 8.00. The molecule has 0 aliphatic carbocycles. The largest absolute Gasteiger partial charge is 0.349 e.